The van der Waals surface area contributed by atoms with Crippen molar-refractivity contribution in [1.29, 1.82) is 0 Å². The van der Waals surface area contributed by atoms with Gasteiger partial charge in [0.15, 0.2) is 0 Å². The summed E-state index contributed by atoms with van der Waals surface area (Å²) in [5.41, 5.74) is -0.901. The Bertz CT molecular complexity index is 423. The molecule has 1 unspecified atom stereocenters. The van der Waals surface area contributed by atoms with Gasteiger partial charge in [0.1, 0.15) is 11.9 Å². The number of aliphatic carboxylic acids is 1. The van der Waals surface area contributed by atoms with Crippen molar-refractivity contribution >= 4 is 11.8 Å². The lowest BCUT2D eigenvalue weighted by Gasteiger charge is -2.15. The summed E-state index contributed by atoms with van der Waals surface area (Å²) in [5.74, 6) is -1.41. The van der Waals surface area contributed by atoms with E-state index in [-0.39, 0.29) is 12.4 Å². The fourth-order valence-corrected chi connectivity index (χ4v) is 1.21. The molecule has 0 radical (unpaired) electrons. The Hall–Kier alpha value is -1.83. The number of rotatable bonds is 5. The summed E-state index contributed by atoms with van der Waals surface area (Å²) in [4.78, 5) is 14.4. The summed E-state index contributed by atoms with van der Waals surface area (Å²) >= 11 is 0. The van der Waals surface area contributed by atoms with Crippen LogP contribution in [0.25, 0.3) is 0 Å². The number of pyridine rings is 1. The van der Waals surface area contributed by atoms with Gasteiger partial charge in [0.2, 0.25) is 0 Å². The second-order valence-electron chi connectivity index (χ2n) is 3.42. The van der Waals surface area contributed by atoms with Crippen molar-refractivity contribution in [2.75, 3.05) is 19.0 Å². The molecular formula is C10H11F3N2O3. The molecule has 0 saturated carbocycles. The predicted molar refractivity (Wildman–Crippen MR) is 56.2 cm³/mol. The van der Waals surface area contributed by atoms with Crippen molar-refractivity contribution in [2.24, 2.45) is 0 Å². The highest BCUT2D eigenvalue weighted by molar-refractivity contribution is 5.77. The molecule has 100 valence electrons. The summed E-state index contributed by atoms with van der Waals surface area (Å²) in [7, 11) is 1.29. The van der Waals surface area contributed by atoms with E-state index in [0.717, 1.165) is 18.3 Å². The number of carbonyl (C=O) groups is 1. The van der Waals surface area contributed by atoms with Gasteiger partial charge in [-0.05, 0) is 12.1 Å². The van der Waals surface area contributed by atoms with E-state index in [1.165, 1.54) is 7.11 Å². The van der Waals surface area contributed by atoms with Crippen molar-refractivity contribution in [3.63, 3.8) is 0 Å². The maximum atomic E-state index is 12.4. The largest absolute Gasteiger partial charge is 0.480 e. The molecule has 0 aliphatic rings. The number of methoxy groups -OCH3 is 1. The van der Waals surface area contributed by atoms with E-state index in [4.69, 9.17) is 5.11 Å². The maximum Gasteiger partial charge on any atom is 0.416 e. The first-order chi connectivity index (χ1) is 8.34. The van der Waals surface area contributed by atoms with Crippen LogP contribution in [-0.2, 0) is 15.7 Å². The molecule has 0 aromatic carbocycles. The standard InChI is InChI=1S/C10H11F3N2O3/c1-18-5-7(9(16)17)15-8-4-6(2-3-14-8)10(11,12)13/h2-4,7H,5H2,1H3,(H,14,15)(H,16,17). The first kappa shape index (κ1) is 14.2. The maximum absolute atomic E-state index is 12.4. The molecule has 0 saturated heterocycles. The van der Waals surface area contributed by atoms with Gasteiger partial charge in [0.05, 0.1) is 12.2 Å². The van der Waals surface area contributed by atoms with Gasteiger partial charge in [-0.2, -0.15) is 13.2 Å². The minimum atomic E-state index is -4.50. The molecule has 0 amide bonds. The lowest BCUT2D eigenvalue weighted by Crippen LogP contribution is -2.34. The number of anilines is 1. The average Bonchev–Trinajstić information content (AvgIpc) is 2.27. The molecule has 0 fully saturated rings. The third-order valence-corrected chi connectivity index (χ3v) is 2.04. The van der Waals surface area contributed by atoms with Crippen LogP contribution in [0.15, 0.2) is 18.3 Å². The van der Waals surface area contributed by atoms with Crippen LogP contribution in [0.2, 0.25) is 0 Å². The van der Waals surface area contributed by atoms with Crippen LogP contribution in [0.4, 0.5) is 19.0 Å². The molecule has 1 aromatic rings. The number of halogens is 3. The van der Waals surface area contributed by atoms with E-state index < -0.39 is 23.8 Å². The van der Waals surface area contributed by atoms with E-state index in [1.807, 2.05) is 0 Å². The van der Waals surface area contributed by atoms with Crippen molar-refractivity contribution in [2.45, 2.75) is 12.2 Å². The van der Waals surface area contributed by atoms with Crippen LogP contribution in [-0.4, -0.2) is 35.8 Å². The van der Waals surface area contributed by atoms with Crippen LogP contribution in [0.5, 0.6) is 0 Å². The van der Waals surface area contributed by atoms with Gasteiger partial charge in [0.25, 0.3) is 0 Å². The monoisotopic (exact) mass is 264 g/mol. The molecule has 8 heteroatoms. The molecule has 0 bridgehead atoms. The number of aromatic nitrogens is 1. The highest BCUT2D eigenvalue weighted by atomic mass is 19.4. The van der Waals surface area contributed by atoms with Gasteiger partial charge in [-0.25, -0.2) is 9.78 Å². The fraction of sp³-hybridized carbons (Fsp3) is 0.400. The molecule has 18 heavy (non-hydrogen) atoms. The summed E-state index contributed by atoms with van der Waals surface area (Å²) < 4.78 is 41.9. The minimum Gasteiger partial charge on any atom is -0.480 e. The van der Waals surface area contributed by atoms with Crippen LogP contribution in [0.1, 0.15) is 5.56 Å². The van der Waals surface area contributed by atoms with Crippen LogP contribution < -0.4 is 5.32 Å². The van der Waals surface area contributed by atoms with Gasteiger partial charge in [-0.1, -0.05) is 0 Å². The number of nitrogens with zero attached hydrogens (tertiary/aromatic N) is 1. The SMILES string of the molecule is COCC(Nc1cc(C(F)(F)F)ccn1)C(=O)O. The van der Waals surface area contributed by atoms with Crippen LogP contribution >= 0.6 is 0 Å². The molecule has 1 aromatic heterocycles. The van der Waals surface area contributed by atoms with E-state index >= 15 is 0 Å². The van der Waals surface area contributed by atoms with Crippen LogP contribution in [0.3, 0.4) is 0 Å². The third kappa shape index (κ3) is 3.88. The zero-order valence-electron chi connectivity index (χ0n) is 9.36. The fourth-order valence-electron chi connectivity index (χ4n) is 1.21. The Morgan fingerprint density at radius 1 is 1.61 bits per heavy atom. The minimum absolute atomic E-state index is 0.172. The van der Waals surface area contributed by atoms with E-state index in [9.17, 15) is 18.0 Å². The smallest absolute Gasteiger partial charge is 0.416 e. The van der Waals surface area contributed by atoms with Gasteiger partial charge in [-0.15, -0.1) is 0 Å². The van der Waals surface area contributed by atoms with Crippen molar-refractivity contribution in [3.8, 4) is 0 Å². The second-order valence-corrected chi connectivity index (χ2v) is 3.42. The summed E-state index contributed by atoms with van der Waals surface area (Å²) in [6.45, 7) is -0.187. The van der Waals surface area contributed by atoms with Gasteiger partial charge < -0.3 is 15.2 Å². The zero-order chi connectivity index (χ0) is 13.8. The number of alkyl halides is 3. The van der Waals surface area contributed by atoms with E-state index in [2.05, 4.69) is 15.0 Å². The number of nitrogens with one attached hydrogen (secondary N) is 1. The van der Waals surface area contributed by atoms with Crippen molar-refractivity contribution in [3.05, 3.63) is 23.9 Å². The van der Waals surface area contributed by atoms with Gasteiger partial charge in [-0.3, -0.25) is 0 Å². The first-order valence-corrected chi connectivity index (χ1v) is 4.86. The lowest BCUT2D eigenvalue weighted by molar-refractivity contribution is -0.139. The second kappa shape index (κ2) is 5.67. The Morgan fingerprint density at radius 3 is 2.78 bits per heavy atom. The van der Waals surface area contributed by atoms with Crippen molar-refractivity contribution in [1.82, 2.24) is 4.98 Å². The first-order valence-electron chi connectivity index (χ1n) is 4.86. The Labute approximate surface area is 101 Å². The highest BCUT2D eigenvalue weighted by Crippen LogP contribution is 2.29. The van der Waals surface area contributed by atoms with Crippen LogP contribution in [0, 0.1) is 0 Å². The number of carboxylic acids is 1. The topological polar surface area (TPSA) is 71.5 Å². The van der Waals surface area contributed by atoms with Crippen molar-refractivity contribution < 1.29 is 27.8 Å². The summed E-state index contributed by atoms with van der Waals surface area (Å²) in [6, 6.07) is 0.383. The molecule has 0 aliphatic heterocycles. The van der Waals surface area contributed by atoms with E-state index in [1.54, 1.807) is 0 Å². The van der Waals surface area contributed by atoms with Gasteiger partial charge >= 0.3 is 12.1 Å². The predicted octanol–water partition coefficient (Wildman–Crippen LogP) is 1.61. The Kier molecular flexibility index (Phi) is 4.49. The number of ether oxygens (including phenoxy) is 1. The Balaban J connectivity index is 2.87. The molecule has 1 atom stereocenters. The number of hydrogen-bond donors (Lipinski definition) is 2. The third-order valence-electron chi connectivity index (χ3n) is 2.04. The number of hydrogen-bond acceptors (Lipinski definition) is 4. The van der Waals surface area contributed by atoms with E-state index in [0.29, 0.717) is 0 Å². The quantitative estimate of drug-likeness (QED) is 0.845. The summed E-state index contributed by atoms with van der Waals surface area (Å²) in [5, 5.41) is 11.2. The lowest BCUT2D eigenvalue weighted by atomic mass is 10.2. The number of carboxylic acid groups (broad SMARTS) is 1. The molecule has 0 spiro atoms. The molecule has 1 heterocycles. The highest BCUT2D eigenvalue weighted by Gasteiger charge is 2.31. The molecule has 5 nitrogen and oxygen atoms in total. The summed E-state index contributed by atoms with van der Waals surface area (Å²) in [6.07, 6.45) is -3.55. The van der Waals surface area contributed by atoms with Gasteiger partial charge in [0, 0.05) is 13.3 Å². The molecule has 0 aliphatic carbocycles. The normalized spacial score (nSPS) is 13.1. The molecular weight excluding hydrogens is 253 g/mol. The Morgan fingerprint density at radius 2 is 2.28 bits per heavy atom. The average molecular weight is 264 g/mol. The molecule has 2 N–H and O–H groups in total. The zero-order valence-corrected chi connectivity index (χ0v) is 9.36. The molecule has 1 rings (SSSR count).